The van der Waals surface area contributed by atoms with E-state index in [1.165, 1.54) is 6.20 Å². The topological polar surface area (TPSA) is 80.8 Å². The molecule has 1 saturated heterocycles. The van der Waals surface area contributed by atoms with E-state index in [0.717, 1.165) is 44.3 Å². The molecule has 2 aliphatic heterocycles. The highest BCUT2D eigenvalue weighted by Crippen LogP contribution is 2.32. The van der Waals surface area contributed by atoms with E-state index in [1.807, 2.05) is 23.1 Å². The Kier molecular flexibility index (Phi) is 5.41. The van der Waals surface area contributed by atoms with Crippen LogP contribution in [0.3, 0.4) is 0 Å². The second-order valence-corrected chi connectivity index (χ2v) is 7.01. The van der Waals surface area contributed by atoms with Crippen LogP contribution in [-0.2, 0) is 6.54 Å². The summed E-state index contributed by atoms with van der Waals surface area (Å²) in [6, 6.07) is 8.78. The molecular weight excluding hydrogens is 358 g/mol. The van der Waals surface area contributed by atoms with Crippen molar-refractivity contribution in [1.29, 1.82) is 0 Å². The molecule has 0 unspecified atom stereocenters. The highest BCUT2D eigenvalue weighted by molar-refractivity contribution is 5.98. The molecule has 1 aromatic carbocycles. The summed E-state index contributed by atoms with van der Waals surface area (Å²) in [5.41, 5.74) is 1.64. The molecule has 2 amide bonds. The maximum atomic E-state index is 12.8. The molecule has 1 N–H and O–H groups in total. The van der Waals surface area contributed by atoms with E-state index in [0.29, 0.717) is 23.6 Å². The van der Waals surface area contributed by atoms with Gasteiger partial charge in [-0.25, -0.2) is 0 Å². The van der Waals surface area contributed by atoms with Crippen LogP contribution in [0.1, 0.15) is 52.1 Å². The van der Waals surface area contributed by atoms with Gasteiger partial charge in [-0.15, -0.1) is 0 Å². The van der Waals surface area contributed by atoms with E-state index in [9.17, 15) is 9.59 Å². The smallest absolute Gasteiger partial charge is 0.270 e. The lowest BCUT2D eigenvalue weighted by Crippen LogP contribution is -2.32. The second kappa shape index (κ2) is 8.29. The second-order valence-electron chi connectivity index (χ2n) is 7.01. The van der Waals surface area contributed by atoms with Crippen LogP contribution < -0.4 is 14.8 Å². The lowest BCUT2D eigenvalue weighted by atomic mass is 10.1. The summed E-state index contributed by atoms with van der Waals surface area (Å²) < 4.78 is 10.6. The van der Waals surface area contributed by atoms with E-state index in [1.54, 1.807) is 12.1 Å². The van der Waals surface area contributed by atoms with Crippen molar-refractivity contribution in [2.24, 2.45) is 0 Å². The first-order valence-electron chi connectivity index (χ1n) is 9.63. The van der Waals surface area contributed by atoms with Gasteiger partial charge in [-0.1, -0.05) is 18.9 Å². The van der Waals surface area contributed by atoms with Crippen LogP contribution in [0.2, 0.25) is 0 Å². The first-order valence-corrected chi connectivity index (χ1v) is 9.63. The molecule has 0 atom stereocenters. The zero-order chi connectivity index (χ0) is 19.3. The van der Waals surface area contributed by atoms with Crippen LogP contribution in [0.4, 0.5) is 0 Å². The van der Waals surface area contributed by atoms with Crippen molar-refractivity contribution in [3.8, 4) is 11.5 Å². The summed E-state index contributed by atoms with van der Waals surface area (Å²) in [5, 5.41) is 2.84. The van der Waals surface area contributed by atoms with Gasteiger partial charge in [0.15, 0.2) is 11.5 Å². The Balaban J connectivity index is 1.40. The number of carbonyl (C=O) groups excluding carboxylic acids is 2. The number of hydrogen-bond donors (Lipinski definition) is 1. The molecule has 2 aliphatic rings. The third-order valence-corrected chi connectivity index (χ3v) is 5.02. The zero-order valence-electron chi connectivity index (χ0n) is 15.6. The Morgan fingerprint density at radius 2 is 1.79 bits per heavy atom. The standard InChI is InChI=1S/C21H23N3O4/c25-20(23-13-15-5-6-18-19(11-15)28-14-27-18)17-12-16(7-8-22-17)21(26)24-9-3-1-2-4-10-24/h5-8,11-12H,1-4,9-10,13-14H2,(H,23,25). The van der Waals surface area contributed by atoms with Crippen LogP contribution >= 0.6 is 0 Å². The molecule has 28 heavy (non-hydrogen) atoms. The molecule has 7 nitrogen and oxygen atoms in total. The Morgan fingerprint density at radius 1 is 1.00 bits per heavy atom. The van der Waals surface area contributed by atoms with E-state index >= 15 is 0 Å². The summed E-state index contributed by atoms with van der Waals surface area (Å²) in [6.07, 6.45) is 5.89. The minimum Gasteiger partial charge on any atom is -0.454 e. The molecule has 0 bridgehead atoms. The Hall–Kier alpha value is -3.09. The van der Waals surface area contributed by atoms with Crippen LogP contribution in [-0.4, -0.2) is 41.6 Å². The summed E-state index contributed by atoms with van der Waals surface area (Å²) >= 11 is 0. The normalized spacial score (nSPS) is 15.8. The van der Waals surface area contributed by atoms with Crippen molar-refractivity contribution in [3.05, 3.63) is 53.3 Å². The van der Waals surface area contributed by atoms with Crippen molar-refractivity contribution in [2.45, 2.75) is 32.2 Å². The molecule has 4 rings (SSSR count). The predicted molar refractivity (Wildman–Crippen MR) is 102 cm³/mol. The van der Waals surface area contributed by atoms with Gasteiger partial charge < -0.3 is 19.7 Å². The lowest BCUT2D eigenvalue weighted by molar-refractivity contribution is 0.0761. The maximum Gasteiger partial charge on any atom is 0.270 e. The van der Waals surface area contributed by atoms with Gasteiger partial charge in [0.25, 0.3) is 11.8 Å². The number of pyridine rings is 1. The van der Waals surface area contributed by atoms with Crippen molar-refractivity contribution in [3.63, 3.8) is 0 Å². The Labute approximate surface area is 163 Å². The summed E-state index contributed by atoms with van der Waals surface area (Å²) in [5.74, 6) is 1.03. The van der Waals surface area contributed by atoms with Crippen LogP contribution in [0.15, 0.2) is 36.5 Å². The molecule has 3 heterocycles. The van der Waals surface area contributed by atoms with Crippen LogP contribution in [0.5, 0.6) is 11.5 Å². The van der Waals surface area contributed by atoms with Gasteiger partial charge >= 0.3 is 0 Å². The molecule has 1 fully saturated rings. The summed E-state index contributed by atoms with van der Waals surface area (Å²) in [4.78, 5) is 31.3. The molecule has 0 aliphatic carbocycles. The number of nitrogens with one attached hydrogen (secondary N) is 1. The lowest BCUT2D eigenvalue weighted by Gasteiger charge is -2.20. The van der Waals surface area contributed by atoms with Gasteiger partial charge in [0.05, 0.1) is 0 Å². The van der Waals surface area contributed by atoms with Gasteiger partial charge in [-0.05, 0) is 42.7 Å². The van der Waals surface area contributed by atoms with Crippen LogP contribution in [0, 0.1) is 0 Å². The molecule has 1 aromatic heterocycles. The zero-order valence-corrected chi connectivity index (χ0v) is 15.6. The van der Waals surface area contributed by atoms with Crippen molar-refractivity contribution in [1.82, 2.24) is 15.2 Å². The summed E-state index contributed by atoms with van der Waals surface area (Å²) in [6.45, 7) is 2.09. The number of amides is 2. The highest BCUT2D eigenvalue weighted by atomic mass is 16.7. The number of fused-ring (bicyclic) bond motifs is 1. The number of benzene rings is 1. The molecule has 7 heteroatoms. The first-order chi connectivity index (χ1) is 13.7. The van der Waals surface area contributed by atoms with E-state index in [4.69, 9.17) is 9.47 Å². The number of carbonyl (C=O) groups is 2. The third kappa shape index (κ3) is 4.08. The fraction of sp³-hybridized carbons (Fsp3) is 0.381. The van der Waals surface area contributed by atoms with Gasteiger partial charge in [0.1, 0.15) is 5.69 Å². The number of ether oxygens (including phenoxy) is 2. The monoisotopic (exact) mass is 381 g/mol. The van der Waals surface area contributed by atoms with Gasteiger partial charge in [-0.3, -0.25) is 14.6 Å². The van der Waals surface area contributed by atoms with E-state index in [-0.39, 0.29) is 24.3 Å². The molecule has 146 valence electrons. The van der Waals surface area contributed by atoms with Gasteiger partial charge in [0, 0.05) is 31.4 Å². The predicted octanol–water partition coefficient (Wildman–Crippen LogP) is 2.76. The molecule has 0 spiro atoms. The number of hydrogen-bond acceptors (Lipinski definition) is 5. The van der Waals surface area contributed by atoms with Gasteiger partial charge in [-0.2, -0.15) is 0 Å². The highest BCUT2D eigenvalue weighted by Gasteiger charge is 2.19. The van der Waals surface area contributed by atoms with Crippen molar-refractivity contribution in [2.75, 3.05) is 19.9 Å². The number of aromatic nitrogens is 1. The number of nitrogens with zero attached hydrogens (tertiary/aromatic N) is 2. The Bertz CT molecular complexity index is 876. The average Bonchev–Trinajstić information content (AvgIpc) is 3.03. The van der Waals surface area contributed by atoms with Gasteiger partial charge in [0.2, 0.25) is 6.79 Å². The number of likely N-dealkylation sites (tertiary alicyclic amines) is 1. The number of rotatable bonds is 4. The maximum absolute atomic E-state index is 12.8. The van der Waals surface area contributed by atoms with E-state index < -0.39 is 0 Å². The third-order valence-electron chi connectivity index (χ3n) is 5.02. The van der Waals surface area contributed by atoms with Crippen molar-refractivity contribution < 1.29 is 19.1 Å². The Morgan fingerprint density at radius 3 is 2.61 bits per heavy atom. The first kappa shape index (κ1) is 18.3. The van der Waals surface area contributed by atoms with Crippen LogP contribution in [0.25, 0.3) is 0 Å². The molecular formula is C21H23N3O4. The average molecular weight is 381 g/mol. The molecule has 0 saturated carbocycles. The fourth-order valence-corrected chi connectivity index (χ4v) is 3.47. The molecule has 0 radical (unpaired) electrons. The molecule has 2 aromatic rings. The minimum absolute atomic E-state index is 0.0332. The SMILES string of the molecule is O=C(NCc1ccc2c(c1)OCO2)c1cc(C(=O)N2CCCCCC2)ccn1. The summed E-state index contributed by atoms with van der Waals surface area (Å²) in [7, 11) is 0. The van der Waals surface area contributed by atoms with Crippen molar-refractivity contribution >= 4 is 11.8 Å². The largest absolute Gasteiger partial charge is 0.454 e. The minimum atomic E-state index is -0.316. The quantitative estimate of drug-likeness (QED) is 0.881. The van der Waals surface area contributed by atoms with E-state index in [2.05, 4.69) is 10.3 Å². The fourth-order valence-electron chi connectivity index (χ4n) is 3.47.